The average molecular weight is 313 g/mol. The molecule has 3 aromatic rings. The normalized spacial score (nSPS) is 16.1. The van der Waals surface area contributed by atoms with E-state index >= 15 is 0 Å². The number of hydrogen-bond donors (Lipinski definition) is 0. The molecule has 0 unspecified atom stereocenters. The predicted molar refractivity (Wildman–Crippen MR) is 85.3 cm³/mol. The molecule has 1 fully saturated rings. The number of fused-ring (bicyclic) bond motifs is 1. The summed E-state index contributed by atoms with van der Waals surface area (Å²) in [6.45, 7) is 1.85. The maximum atomic E-state index is 5.88. The molecule has 0 aromatic carbocycles. The van der Waals surface area contributed by atoms with Crippen molar-refractivity contribution in [2.45, 2.75) is 18.9 Å². The van der Waals surface area contributed by atoms with Crippen LogP contribution in [0.2, 0.25) is 0 Å². The Morgan fingerprint density at radius 2 is 2.05 bits per heavy atom. The van der Waals surface area contributed by atoms with Gasteiger partial charge in [-0.3, -0.25) is 4.98 Å². The Morgan fingerprint density at radius 3 is 2.86 bits per heavy atom. The van der Waals surface area contributed by atoms with Crippen LogP contribution in [-0.4, -0.2) is 39.1 Å². The molecule has 0 amide bonds. The van der Waals surface area contributed by atoms with Crippen molar-refractivity contribution in [3.05, 3.63) is 36.4 Å². The van der Waals surface area contributed by atoms with Crippen molar-refractivity contribution >= 4 is 27.4 Å². The van der Waals surface area contributed by atoms with Crippen LogP contribution in [0.1, 0.15) is 12.8 Å². The van der Waals surface area contributed by atoms with E-state index < -0.39 is 0 Å². The fourth-order valence-corrected chi connectivity index (χ4v) is 3.46. The molecule has 0 aliphatic carbocycles. The van der Waals surface area contributed by atoms with Gasteiger partial charge in [-0.25, -0.2) is 15.0 Å². The smallest absolute Gasteiger partial charge is 0.232 e. The summed E-state index contributed by atoms with van der Waals surface area (Å²) in [4.78, 5) is 20.3. The third kappa shape index (κ3) is 2.59. The van der Waals surface area contributed by atoms with Crippen molar-refractivity contribution in [2.75, 3.05) is 18.0 Å². The molecule has 0 bridgehead atoms. The van der Waals surface area contributed by atoms with Crippen LogP contribution in [0, 0.1) is 0 Å². The minimum Gasteiger partial charge on any atom is -0.473 e. The Balaban J connectivity index is 1.45. The molecule has 1 aliphatic heterocycles. The second-order valence-corrected chi connectivity index (χ2v) is 6.08. The lowest BCUT2D eigenvalue weighted by molar-refractivity contribution is 0.163. The number of rotatable bonds is 3. The third-order valence-electron chi connectivity index (χ3n) is 3.81. The van der Waals surface area contributed by atoms with Crippen LogP contribution in [0.3, 0.4) is 0 Å². The summed E-state index contributed by atoms with van der Waals surface area (Å²) in [6.07, 6.45) is 8.70. The molecule has 0 N–H and O–H groups in total. The number of piperidine rings is 1. The summed E-state index contributed by atoms with van der Waals surface area (Å²) >= 11 is 1.65. The highest BCUT2D eigenvalue weighted by Crippen LogP contribution is 2.29. The van der Waals surface area contributed by atoms with Gasteiger partial charge in [0, 0.05) is 38.3 Å². The minimum atomic E-state index is 0.188. The fraction of sp³-hybridized carbons (Fsp3) is 0.333. The molecule has 0 spiro atoms. The van der Waals surface area contributed by atoms with E-state index in [-0.39, 0.29) is 6.10 Å². The Hall–Kier alpha value is -2.28. The topological polar surface area (TPSA) is 64.0 Å². The van der Waals surface area contributed by atoms with Crippen LogP contribution in [0.4, 0.5) is 5.82 Å². The molecule has 4 rings (SSSR count). The first-order valence-corrected chi connectivity index (χ1v) is 8.14. The van der Waals surface area contributed by atoms with Crippen molar-refractivity contribution in [3.63, 3.8) is 0 Å². The minimum absolute atomic E-state index is 0.188. The van der Waals surface area contributed by atoms with Gasteiger partial charge < -0.3 is 9.64 Å². The van der Waals surface area contributed by atoms with Gasteiger partial charge in [-0.05, 0) is 11.4 Å². The van der Waals surface area contributed by atoms with Gasteiger partial charge in [0.15, 0.2) is 0 Å². The molecule has 3 aromatic heterocycles. The monoisotopic (exact) mass is 313 g/mol. The molecule has 0 radical (unpaired) electrons. The molecule has 4 heterocycles. The molecular weight excluding hydrogens is 298 g/mol. The van der Waals surface area contributed by atoms with Crippen molar-refractivity contribution in [1.29, 1.82) is 0 Å². The van der Waals surface area contributed by atoms with Gasteiger partial charge >= 0.3 is 0 Å². The van der Waals surface area contributed by atoms with Gasteiger partial charge in [-0.1, -0.05) is 0 Å². The lowest BCUT2D eigenvalue weighted by atomic mass is 10.1. The maximum absolute atomic E-state index is 5.88. The zero-order valence-corrected chi connectivity index (χ0v) is 12.7. The lowest BCUT2D eigenvalue weighted by Crippen LogP contribution is -2.38. The van der Waals surface area contributed by atoms with E-state index in [1.165, 1.54) is 0 Å². The van der Waals surface area contributed by atoms with Crippen LogP contribution < -0.4 is 9.64 Å². The Labute approximate surface area is 131 Å². The summed E-state index contributed by atoms with van der Waals surface area (Å²) in [5.41, 5.74) is 0. The zero-order valence-electron chi connectivity index (χ0n) is 11.9. The quantitative estimate of drug-likeness (QED) is 0.740. The van der Waals surface area contributed by atoms with Gasteiger partial charge in [0.2, 0.25) is 5.88 Å². The number of aromatic nitrogens is 4. The molecule has 1 aliphatic rings. The lowest BCUT2D eigenvalue weighted by Gasteiger charge is -2.32. The summed E-state index contributed by atoms with van der Waals surface area (Å²) in [5, 5.41) is 3.20. The molecule has 112 valence electrons. The van der Waals surface area contributed by atoms with Crippen LogP contribution >= 0.6 is 11.3 Å². The fourth-order valence-electron chi connectivity index (χ4n) is 2.73. The standard InChI is InChI=1S/C15H15N5OS/c1-6-20(14-12-3-8-22-15(12)19-10-18-14)7-2-11(1)21-13-9-16-4-5-17-13/h3-5,8-11H,1-2,6-7H2. The largest absolute Gasteiger partial charge is 0.473 e. The van der Waals surface area contributed by atoms with Crippen LogP contribution in [0.25, 0.3) is 10.2 Å². The van der Waals surface area contributed by atoms with Crippen molar-refractivity contribution < 1.29 is 4.74 Å². The first kappa shape index (κ1) is 13.4. The SMILES string of the molecule is c1cnc(OC2CCN(c3ncnc4sccc34)CC2)cn1. The second-order valence-electron chi connectivity index (χ2n) is 5.18. The van der Waals surface area contributed by atoms with E-state index in [1.807, 2.05) is 0 Å². The summed E-state index contributed by atoms with van der Waals surface area (Å²) in [5.74, 6) is 1.63. The molecule has 6 nitrogen and oxygen atoms in total. The molecule has 7 heteroatoms. The number of hydrogen-bond acceptors (Lipinski definition) is 7. The number of anilines is 1. The van der Waals surface area contributed by atoms with Gasteiger partial charge in [0.1, 0.15) is 23.1 Å². The summed E-state index contributed by atoms with van der Waals surface area (Å²) in [6, 6.07) is 2.09. The van der Waals surface area contributed by atoms with Gasteiger partial charge in [-0.2, -0.15) is 0 Å². The number of nitrogens with zero attached hydrogens (tertiary/aromatic N) is 5. The van der Waals surface area contributed by atoms with Gasteiger partial charge in [0.25, 0.3) is 0 Å². The first-order valence-electron chi connectivity index (χ1n) is 7.26. The van der Waals surface area contributed by atoms with Crippen molar-refractivity contribution in [3.8, 4) is 5.88 Å². The summed E-state index contributed by atoms with van der Waals surface area (Å²) in [7, 11) is 0. The third-order valence-corrected chi connectivity index (χ3v) is 4.63. The Kier molecular flexibility index (Phi) is 3.56. The second kappa shape index (κ2) is 5.84. The number of thiophene rings is 1. The number of ether oxygens (including phenoxy) is 1. The van der Waals surface area contributed by atoms with Crippen molar-refractivity contribution in [2.24, 2.45) is 0 Å². The van der Waals surface area contributed by atoms with Gasteiger partial charge in [-0.15, -0.1) is 11.3 Å². The van der Waals surface area contributed by atoms with E-state index in [0.717, 1.165) is 42.0 Å². The highest BCUT2D eigenvalue weighted by Gasteiger charge is 2.23. The highest BCUT2D eigenvalue weighted by molar-refractivity contribution is 7.16. The zero-order chi connectivity index (χ0) is 14.8. The van der Waals surface area contributed by atoms with Crippen LogP contribution in [0.15, 0.2) is 36.4 Å². The van der Waals surface area contributed by atoms with E-state index in [4.69, 9.17) is 4.74 Å². The summed E-state index contributed by atoms with van der Waals surface area (Å²) < 4.78 is 5.88. The molecule has 1 saturated heterocycles. The van der Waals surface area contributed by atoms with Gasteiger partial charge in [0.05, 0.1) is 11.6 Å². The Morgan fingerprint density at radius 1 is 1.14 bits per heavy atom. The van der Waals surface area contributed by atoms with E-state index in [1.54, 1.807) is 36.3 Å². The van der Waals surface area contributed by atoms with E-state index in [9.17, 15) is 0 Å². The Bertz CT molecular complexity index is 755. The first-order chi connectivity index (χ1) is 10.9. The van der Waals surface area contributed by atoms with E-state index in [0.29, 0.717) is 5.88 Å². The molecule has 22 heavy (non-hydrogen) atoms. The average Bonchev–Trinajstić information content (AvgIpc) is 3.05. The van der Waals surface area contributed by atoms with Crippen LogP contribution in [-0.2, 0) is 0 Å². The molecule has 0 saturated carbocycles. The highest BCUT2D eigenvalue weighted by atomic mass is 32.1. The van der Waals surface area contributed by atoms with Crippen LogP contribution in [0.5, 0.6) is 5.88 Å². The molecular formula is C15H15N5OS. The maximum Gasteiger partial charge on any atom is 0.232 e. The molecule has 0 atom stereocenters. The van der Waals surface area contributed by atoms with Crippen molar-refractivity contribution in [1.82, 2.24) is 19.9 Å². The predicted octanol–water partition coefficient (Wildman–Crippen LogP) is 2.53. The van der Waals surface area contributed by atoms with E-state index in [2.05, 4.69) is 36.3 Å².